The fourth-order valence-corrected chi connectivity index (χ4v) is 1.68. The van der Waals surface area contributed by atoms with E-state index in [1.54, 1.807) is 7.11 Å². The van der Waals surface area contributed by atoms with Crippen molar-refractivity contribution >= 4 is 17.4 Å². The molecule has 1 aromatic rings. The molecule has 0 saturated heterocycles. The van der Waals surface area contributed by atoms with E-state index in [2.05, 4.69) is 15.3 Å². The van der Waals surface area contributed by atoms with E-state index >= 15 is 0 Å². The molecule has 1 heterocycles. The molecule has 1 N–H and O–H groups in total. The maximum Gasteiger partial charge on any atom is 0.171 e. The van der Waals surface area contributed by atoms with Crippen molar-refractivity contribution in [2.24, 2.45) is 0 Å². The molecule has 1 aromatic heterocycles. The summed E-state index contributed by atoms with van der Waals surface area (Å²) >= 11 is 6.01. The van der Waals surface area contributed by atoms with Crippen LogP contribution in [0.25, 0.3) is 0 Å². The highest BCUT2D eigenvalue weighted by Gasteiger charge is 2.05. The van der Waals surface area contributed by atoms with E-state index in [0.29, 0.717) is 11.0 Å². The molecule has 0 unspecified atom stereocenters. The van der Waals surface area contributed by atoms with Crippen LogP contribution in [0.15, 0.2) is 0 Å². The van der Waals surface area contributed by atoms with E-state index in [4.69, 9.17) is 16.3 Å². The van der Waals surface area contributed by atoms with Crippen LogP contribution in [0.2, 0.25) is 5.15 Å². The maximum atomic E-state index is 6.01. The Morgan fingerprint density at radius 3 is 2.53 bits per heavy atom. The zero-order valence-electron chi connectivity index (χ0n) is 10.7. The van der Waals surface area contributed by atoms with Gasteiger partial charge in [0.2, 0.25) is 0 Å². The van der Waals surface area contributed by atoms with Gasteiger partial charge in [0.15, 0.2) is 11.0 Å². The predicted molar refractivity (Wildman–Crippen MR) is 70.7 cm³/mol. The third-order valence-corrected chi connectivity index (χ3v) is 2.85. The second-order valence-corrected chi connectivity index (χ2v) is 4.37. The van der Waals surface area contributed by atoms with Crippen molar-refractivity contribution < 1.29 is 4.74 Å². The van der Waals surface area contributed by atoms with Crippen LogP contribution in [0, 0.1) is 13.8 Å². The predicted octanol–water partition coefficient (Wildman–Crippen LogP) is 2.98. The Hall–Kier alpha value is -0.870. The zero-order valence-corrected chi connectivity index (χ0v) is 11.5. The van der Waals surface area contributed by atoms with Gasteiger partial charge >= 0.3 is 0 Å². The summed E-state index contributed by atoms with van der Waals surface area (Å²) in [5, 5.41) is 3.66. The Labute approximate surface area is 108 Å². The zero-order chi connectivity index (χ0) is 12.7. The van der Waals surface area contributed by atoms with Gasteiger partial charge in [-0.05, 0) is 33.1 Å². The Morgan fingerprint density at radius 1 is 1.12 bits per heavy atom. The summed E-state index contributed by atoms with van der Waals surface area (Å²) in [6.07, 6.45) is 3.30. The van der Waals surface area contributed by atoms with Crippen LogP contribution < -0.4 is 5.32 Å². The third kappa shape index (κ3) is 4.88. The van der Waals surface area contributed by atoms with Gasteiger partial charge in [-0.1, -0.05) is 11.6 Å². The Morgan fingerprint density at radius 2 is 1.82 bits per heavy atom. The molecule has 1 rings (SSSR count). The van der Waals surface area contributed by atoms with Gasteiger partial charge in [0.25, 0.3) is 0 Å². The molecule has 0 aromatic carbocycles. The molecule has 0 aliphatic carbocycles. The number of unbranched alkanes of at least 4 members (excludes halogenated alkanes) is 2. The minimum absolute atomic E-state index is 0.449. The van der Waals surface area contributed by atoms with Gasteiger partial charge in [-0.15, -0.1) is 0 Å². The number of nitrogens with zero attached hydrogens (tertiary/aromatic N) is 2. The van der Waals surface area contributed by atoms with Crippen LogP contribution in [0.4, 0.5) is 5.82 Å². The summed E-state index contributed by atoms with van der Waals surface area (Å²) in [6.45, 7) is 5.52. The fourth-order valence-electron chi connectivity index (χ4n) is 1.44. The van der Waals surface area contributed by atoms with Crippen LogP contribution in [-0.2, 0) is 4.74 Å². The van der Waals surface area contributed by atoms with E-state index < -0.39 is 0 Å². The van der Waals surface area contributed by atoms with Crippen LogP contribution in [0.1, 0.15) is 30.7 Å². The number of aryl methyl sites for hydroxylation is 2. The Kier molecular flexibility index (Phi) is 6.22. The van der Waals surface area contributed by atoms with Crippen molar-refractivity contribution in [3.05, 3.63) is 16.5 Å². The Balaban J connectivity index is 2.34. The molecule has 0 radical (unpaired) electrons. The third-order valence-electron chi connectivity index (χ3n) is 2.58. The maximum absolute atomic E-state index is 6.01. The van der Waals surface area contributed by atoms with Gasteiger partial charge in [0, 0.05) is 20.3 Å². The minimum Gasteiger partial charge on any atom is -0.385 e. The number of nitrogens with one attached hydrogen (secondary N) is 1. The first kappa shape index (κ1) is 14.2. The van der Waals surface area contributed by atoms with E-state index in [1.807, 2.05) is 13.8 Å². The molecule has 4 nitrogen and oxygen atoms in total. The summed E-state index contributed by atoms with van der Waals surface area (Å²) in [7, 11) is 1.72. The van der Waals surface area contributed by atoms with E-state index in [9.17, 15) is 0 Å². The highest BCUT2D eigenvalue weighted by molar-refractivity contribution is 6.31. The first-order chi connectivity index (χ1) is 8.15. The number of rotatable bonds is 7. The molecule has 0 aliphatic heterocycles. The molecule has 0 atom stereocenters. The molecule has 0 spiro atoms. The van der Waals surface area contributed by atoms with Crippen LogP contribution in [-0.4, -0.2) is 30.2 Å². The summed E-state index contributed by atoms with van der Waals surface area (Å²) in [5.41, 5.74) is 1.79. The van der Waals surface area contributed by atoms with Gasteiger partial charge in [0.1, 0.15) is 0 Å². The van der Waals surface area contributed by atoms with Crippen LogP contribution >= 0.6 is 11.6 Å². The molecule has 0 bridgehead atoms. The van der Waals surface area contributed by atoms with E-state index in [-0.39, 0.29) is 0 Å². The van der Waals surface area contributed by atoms with Crippen molar-refractivity contribution in [3.8, 4) is 0 Å². The number of ether oxygens (including phenoxy) is 1. The monoisotopic (exact) mass is 257 g/mol. The molecule has 0 amide bonds. The molecule has 17 heavy (non-hydrogen) atoms. The van der Waals surface area contributed by atoms with Gasteiger partial charge < -0.3 is 10.1 Å². The second-order valence-electron chi connectivity index (χ2n) is 4.01. The Bertz CT molecular complexity index is 358. The van der Waals surface area contributed by atoms with Crippen LogP contribution in [0.5, 0.6) is 0 Å². The topological polar surface area (TPSA) is 47.0 Å². The average molecular weight is 258 g/mol. The highest BCUT2D eigenvalue weighted by atomic mass is 35.5. The summed E-state index contributed by atoms with van der Waals surface area (Å²) in [6, 6.07) is 0. The van der Waals surface area contributed by atoms with E-state index in [0.717, 1.165) is 43.8 Å². The standard InChI is InChI=1S/C12H20ClN3O/c1-9-10(2)16-12(11(13)15-9)14-7-5-4-6-8-17-3/h4-8H2,1-3H3,(H,14,16). The first-order valence-electron chi connectivity index (χ1n) is 5.88. The van der Waals surface area contributed by atoms with Crippen molar-refractivity contribution in [3.63, 3.8) is 0 Å². The highest BCUT2D eigenvalue weighted by Crippen LogP contribution is 2.18. The molecule has 96 valence electrons. The SMILES string of the molecule is COCCCCCNc1nc(C)c(C)nc1Cl. The smallest absolute Gasteiger partial charge is 0.171 e. The fraction of sp³-hybridized carbons (Fsp3) is 0.667. The van der Waals surface area contributed by atoms with E-state index in [1.165, 1.54) is 0 Å². The number of methoxy groups -OCH3 is 1. The lowest BCUT2D eigenvalue weighted by molar-refractivity contribution is 0.192. The lowest BCUT2D eigenvalue weighted by atomic mass is 10.2. The number of anilines is 1. The number of hydrogen-bond acceptors (Lipinski definition) is 4. The number of halogens is 1. The first-order valence-corrected chi connectivity index (χ1v) is 6.26. The molecule has 0 aliphatic rings. The van der Waals surface area contributed by atoms with Gasteiger partial charge in [-0.3, -0.25) is 0 Å². The summed E-state index contributed by atoms with van der Waals surface area (Å²) < 4.78 is 4.99. The van der Waals surface area contributed by atoms with Gasteiger partial charge in [-0.25, -0.2) is 9.97 Å². The number of aromatic nitrogens is 2. The molecular weight excluding hydrogens is 238 g/mol. The largest absolute Gasteiger partial charge is 0.385 e. The average Bonchev–Trinajstić information content (AvgIpc) is 2.30. The normalized spacial score (nSPS) is 10.6. The molecule has 0 fully saturated rings. The number of hydrogen-bond donors (Lipinski definition) is 1. The summed E-state index contributed by atoms with van der Waals surface area (Å²) in [5.74, 6) is 0.682. The van der Waals surface area contributed by atoms with Crippen molar-refractivity contribution in [2.75, 3.05) is 25.6 Å². The lowest BCUT2D eigenvalue weighted by Gasteiger charge is -2.09. The van der Waals surface area contributed by atoms with Crippen molar-refractivity contribution in [2.45, 2.75) is 33.1 Å². The quantitative estimate of drug-likeness (QED) is 0.763. The van der Waals surface area contributed by atoms with Crippen molar-refractivity contribution in [1.82, 2.24) is 9.97 Å². The molecule has 0 saturated carbocycles. The second kappa shape index (κ2) is 7.45. The van der Waals surface area contributed by atoms with Gasteiger partial charge in [0.05, 0.1) is 11.4 Å². The lowest BCUT2D eigenvalue weighted by Crippen LogP contribution is -2.07. The van der Waals surface area contributed by atoms with Gasteiger partial charge in [-0.2, -0.15) is 0 Å². The summed E-state index contributed by atoms with van der Waals surface area (Å²) in [4.78, 5) is 8.60. The van der Waals surface area contributed by atoms with Crippen LogP contribution in [0.3, 0.4) is 0 Å². The van der Waals surface area contributed by atoms with Crippen molar-refractivity contribution in [1.29, 1.82) is 0 Å². The minimum atomic E-state index is 0.449. The molecular formula is C12H20ClN3O. The molecule has 5 heteroatoms.